The highest BCUT2D eigenvalue weighted by Gasteiger charge is 2.25. The number of benzene rings is 2. The van der Waals surface area contributed by atoms with Gasteiger partial charge >= 0.3 is 12.6 Å². The fraction of sp³-hybridized carbons (Fsp3) is 0.100. The lowest BCUT2D eigenvalue weighted by molar-refractivity contribution is -0.129. The fourth-order valence-electron chi connectivity index (χ4n) is 2.71. The summed E-state index contributed by atoms with van der Waals surface area (Å²) in [7, 11) is 1.31. The van der Waals surface area contributed by atoms with Crippen molar-refractivity contribution in [3.8, 4) is 11.5 Å². The predicted octanol–water partition coefficient (Wildman–Crippen LogP) is 3.58. The molecule has 1 aliphatic heterocycles. The van der Waals surface area contributed by atoms with Gasteiger partial charge in [-0.15, -0.1) is 0 Å². The number of aliphatic imine (C=N–C) groups is 1. The molecule has 0 spiro atoms. The van der Waals surface area contributed by atoms with Crippen LogP contribution in [0.5, 0.6) is 11.5 Å². The number of hydrogen-bond donors (Lipinski definition) is 0. The van der Waals surface area contributed by atoms with Crippen LogP contribution in [0.3, 0.4) is 0 Å². The minimum Gasteiger partial charge on any atom is -0.493 e. The molecular formula is C20H13F2N3O4. The van der Waals surface area contributed by atoms with Crippen molar-refractivity contribution in [3.63, 3.8) is 0 Å². The largest absolute Gasteiger partial charge is 0.493 e. The van der Waals surface area contributed by atoms with Crippen molar-refractivity contribution < 1.29 is 27.8 Å². The number of halogens is 2. The van der Waals surface area contributed by atoms with Crippen LogP contribution in [0.4, 0.5) is 8.78 Å². The van der Waals surface area contributed by atoms with Gasteiger partial charge in [-0.25, -0.2) is 14.8 Å². The molecule has 9 heteroatoms. The maximum Gasteiger partial charge on any atom is 0.387 e. The lowest BCUT2D eigenvalue weighted by Crippen LogP contribution is -2.07. The van der Waals surface area contributed by atoms with E-state index >= 15 is 0 Å². The molecule has 0 fully saturated rings. The molecule has 0 saturated heterocycles. The first-order chi connectivity index (χ1) is 14.0. The van der Waals surface area contributed by atoms with E-state index in [9.17, 15) is 13.6 Å². The first kappa shape index (κ1) is 18.5. The number of para-hydroxylation sites is 2. The third kappa shape index (κ3) is 3.88. The van der Waals surface area contributed by atoms with E-state index < -0.39 is 12.6 Å². The van der Waals surface area contributed by atoms with Crippen LogP contribution in [-0.2, 0) is 9.53 Å². The Bertz CT molecular complexity index is 1160. The number of ether oxygens (including phenoxy) is 3. The molecule has 29 heavy (non-hydrogen) atoms. The second kappa shape index (κ2) is 7.63. The number of esters is 1. The summed E-state index contributed by atoms with van der Waals surface area (Å²) in [6, 6.07) is 11.4. The molecule has 1 aliphatic rings. The second-order valence-corrected chi connectivity index (χ2v) is 5.86. The maximum atomic E-state index is 12.5. The molecule has 0 amide bonds. The highest BCUT2D eigenvalue weighted by molar-refractivity contribution is 6.13. The summed E-state index contributed by atoms with van der Waals surface area (Å²) < 4.78 is 39.5. The van der Waals surface area contributed by atoms with Crippen molar-refractivity contribution in [2.24, 2.45) is 4.99 Å². The van der Waals surface area contributed by atoms with Crippen molar-refractivity contribution >= 4 is 29.0 Å². The molecule has 0 atom stereocenters. The zero-order valence-corrected chi connectivity index (χ0v) is 15.0. The summed E-state index contributed by atoms with van der Waals surface area (Å²) in [6.45, 7) is -2.99. The van der Waals surface area contributed by atoms with Crippen LogP contribution in [0.15, 0.2) is 59.4 Å². The molecule has 0 unspecified atom stereocenters. The average Bonchev–Trinajstić information content (AvgIpc) is 3.08. The van der Waals surface area contributed by atoms with E-state index in [1.807, 2.05) is 18.2 Å². The van der Waals surface area contributed by atoms with Crippen molar-refractivity contribution in [2.75, 3.05) is 7.11 Å². The van der Waals surface area contributed by atoms with Crippen LogP contribution in [0.1, 0.15) is 11.3 Å². The average molecular weight is 397 g/mol. The SMILES string of the molecule is COc1cc(C2=N/C(=C\c3cnc4ccccc4n3)C(=O)O2)ccc1OC(F)F. The molecular weight excluding hydrogens is 384 g/mol. The molecule has 0 N–H and O–H groups in total. The van der Waals surface area contributed by atoms with Gasteiger partial charge in [0.2, 0.25) is 5.90 Å². The summed E-state index contributed by atoms with van der Waals surface area (Å²) >= 11 is 0. The molecule has 0 saturated carbocycles. The highest BCUT2D eigenvalue weighted by Crippen LogP contribution is 2.31. The molecule has 7 nitrogen and oxygen atoms in total. The van der Waals surface area contributed by atoms with Crippen molar-refractivity contribution in [2.45, 2.75) is 6.61 Å². The van der Waals surface area contributed by atoms with Gasteiger partial charge in [0.05, 0.1) is 30.0 Å². The normalized spacial score (nSPS) is 15.0. The zero-order chi connectivity index (χ0) is 20.4. The second-order valence-electron chi connectivity index (χ2n) is 5.86. The number of cyclic esters (lactones) is 1. The highest BCUT2D eigenvalue weighted by atomic mass is 19.3. The van der Waals surface area contributed by atoms with Gasteiger partial charge in [-0.2, -0.15) is 8.78 Å². The third-order valence-electron chi connectivity index (χ3n) is 4.00. The summed E-state index contributed by atoms with van der Waals surface area (Å²) in [6.07, 6.45) is 2.98. The van der Waals surface area contributed by atoms with E-state index in [0.717, 1.165) is 5.52 Å². The van der Waals surface area contributed by atoms with Crippen LogP contribution < -0.4 is 9.47 Å². The number of aromatic nitrogens is 2. The Labute approximate surface area is 163 Å². The van der Waals surface area contributed by atoms with Gasteiger partial charge in [-0.05, 0) is 36.4 Å². The van der Waals surface area contributed by atoms with Crippen LogP contribution in [0.25, 0.3) is 17.1 Å². The van der Waals surface area contributed by atoms with Crippen LogP contribution in [-0.4, -0.2) is 35.6 Å². The third-order valence-corrected chi connectivity index (χ3v) is 4.00. The van der Waals surface area contributed by atoms with Gasteiger partial charge in [0.15, 0.2) is 17.2 Å². The quantitative estimate of drug-likeness (QED) is 0.483. The van der Waals surface area contributed by atoms with E-state index in [2.05, 4.69) is 19.7 Å². The number of hydrogen-bond acceptors (Lipinski definition) is 7. The monoisotopic (exact) mass is 397 g/mol. The minimum absolute atomic E-state index is 0.0110. The molecule has 1 aromatic heterocycles. The van der Waals surface area contributed by atoms with Crippen molar-refractivity contribution in [1.29, 1.82) is 0 Å². The summed E-state index contributed by atoms with van der Waals surface area (Å²) in [5, 5.41) is 0. The molecule has 0 bridgehead atoms. The topological polar surface area (TPSA) is 82.9 Å². The van der Waals surface area contributed by atoms with Crippen LogP contribution in [0, 0.1) is 0 Å². The molecule has 4 rings (SSSR count). The first-order valence-electron chi connectivity index (χ1n) is 8.41. The van der Waals surface area contributed by atoms with Gasteiger partial charge in [0.25, 0.3) is 0 Å². The fourth-order valence-corrected chi connectivity index (χ4v) is 2.71. The van der Waals surface area contributed by atoms with E-state index in [-0.39, 0.29) is 23.1 Å². The number of rotatable bonds is 5. The number of nitrogens with zero attached hydrogens (tertiary/aromatic N) is 3. The Hall–Kier alpha value is -3.88. The maximum absolute atomic E-state index is 12.5. The van der Waals surface area contributed by atoms with Gasteiger partial charge in [-0.1, -0.05) is 12.1 Å². The van der Waals surface area contributed by atoms with Gasteiger partial charge in [0, 0.05) is 5.56 Å². The van der Waals surface area contributed by atoms with Crippen molar-refractivity contribution in [3.05, 3.63) is 65.6 Å². The molecule has 146 valence electrons. The first-order valence-corrected chi connectivity index (χ1v) is 8.41. The Balaban J connectivity index is 1.65. The minimum atomic E-state index is -2.99. The van der Waals surface area contributed by atoms with Gasteiger partial charge < -0.3 is 14.2 Å². The number of fused-ring (bicyclic) bond motifs is 1. The lowest BCUT2D eigenvalue weighted by Gasteiger charge is -2.10. The molecule has 3 aromatic rings. The number of methoxy groups -OCH3 is 1. The predicted molar refractivity (Wildman–Crippen MR) is 99.8 cm³/mol. The smallest absolute Gasteiger partial charge is 0.387 e. The molecule has 2 aromatic carbocycles. The van der Waals surface area contributed by atoms with Crippen LogP contribution in [0.2, 0.25) is 0 Å². The van der Waals surface area contributed by atoms with Crippen molar-refractivity contribution in [1.82, 2.24) is 9.97 Å². The van der Waals surface area contributed by atoms with E-state index in [1.54, 1.807) is 6.07 Å². The zero-order valence-electron chi connectivity index (χ0n) is 15.0. The van der Waals surface area contributed by atoms with Crippen LogP contribution >= 0.6 is 0 Å². The number of carbonyl (C=O) groups is 1. The summed E-state index contributed by atoms with van der Waals surface area (Å²) in [5.41, 5.74) is 2.25. The van der Waals surface area contributed by atoms with Gasteiger partial charge in [-0.3, -0.25) is 4.98 Å². The van der Waals surface area contributed by atoms with E-state index in [1.165, 1.54) is 37.6 Å². The Morgan fingerprint density at radius 3 is 2.66 bits per heavy atom. The standard InChI is InChI=1S/C20H13F2N3O4/c1-27-17-8-11(6-7-16(17)28-20(21)22)18-25-15(19(26)29-18)9-12-10-23-13-4-2-3-5-14(13)24-12/h2-10,20H,1H3/b15-9-. The Morgan fingerprint density at radius 2 is 1.90 bits per heavy atom. The number of carbonyl (C=O) groups excluding carboxylic acids is 1. The summed E-state index contributed by atoms with van der Waals surface area (Å²) in [5.74, 6) is -0.739. The molecule has 0 radical (unpaired) electrons. The summed E-state index contributed by atoms with van der Waals surface area (Å²) in [4.78, 5) is 25.1. The Kier molecular flexibility index (Phi) is 4.86. The van der Waals surface area contributed by atoms with E-state index in [4.69, 9.17) is 9.47 Å². The van der Waals surface area contributed by atoms with E-state index in [0.29, 0.717) is 16.8 Å². The van der Waals surface area contributed by atoms with Gasteiger partial charge in [0.1, 0.15) is 0 Å². The molecule has 2 heterocycles. The number of alkyl halides is 2. The molecule has 0 aliphatic carbocycles. The lowest BCUT2D eigenvalue weighted by atomic mass is 10.2. The Morgan fingerprint density at radius 1 is 1.10 bits per heavy atom.